The first kappa shape index (κ1) is 13.4. The van der Waals surface area contributed by atoms with E-state index in [1.165, 1.54) is 18.4 Å². The normalized spacial score (nSPS) is 14.8. The van der Waals surface area contributed by atoms with Crippen LogP contribution >= 0.6 is 0 Å². The molecule has 1 heterocycles. The minimum absolute atomic E-state index is 0.349. The van der Waals surface area contributed by atoms with Gasteiger partial charge in [0.05, 0.1) is 5.56 Å². The fraction of sp³-hybridized carbons (Fsp3) is 0.250. The monoisotopic (exact) mass is 283 g/mol. The lowest BCUT2D eigenvalue weighted by Gasteiger charge is -2.12. The highest BCUT2D eigenvalue weighted by Crippen LogP contribution is 2.31. The van der Waals surface area contributed by atoms with Gasteiger partial charge in [-0.05, 0) is 42.9 Å². The number of nitrogens with two attached hydrogens (primary N) is 1. The molecule has 0 saturated heterocycles. The number of aldehydes is 1. The van der Waals surface area contributed by atoms with Crippen LogP contribution in [-0.4, -0.2) is 17.3 Å². The van der Waals surface area contributed by atoms with Crippen molar-refractivity contribution in [3.63, 3.8) is 0 Å². The lowest BCUT2D eigenvalue weighted by Crippen LogP contribution is -2.20. The Hall–Kier alpha value is -2.56. The smallest absolute Gasteiger partial charge is 0.317 e. The average Bonchev–Trinajstić information content (AvgIpc) is 2.83. The quantitative estimate of drug-likeness (QED) is 0.753. The van der Waals surface area contributed by atoms with Gasteiger partial charge in [-0.3, -0.25) is 10.1 Å². The van der Waals surface area contributed by atoms with Crippen LogP contribution in [0.5, 0.6) is 0 Å². The van der Waals surface area contributed by atoms with Crippen LogP contribution in [0.3, 0.4) is 0 Å². The molecule has 3 rings (SSSR count). The van der Waals surface area contributed by atoms with Gasteiger partial charge in [-0.1, -0.05) is 18.2 Å². The molecule has 0 bridgehead atoms. The Balaban J connectivity index is 2.07. The summed E-state index contributed by atoms with van der Waals surface area (Å²) in [5.74, 6) is 0.349. The molecular weight excluding hydrogens is 266 g/mol. The molecule has 4 N–H and O–H groups in total. The lowest BCUT2D eigenvalue weighted by molar-refractivity contribution is 0.112. The molecular formula is C16H17N3O2. The summed E-state index contributed by atoms with van der Waals surface area (Å²) in [6.07, 6.45) is 7.66. The van der Waals surface area contributed by atoms with Gasteiger partial charge in [0.2, 0.25) is 0 Å². The van der Waals surface area contributed by atoms with Crippen molar-refractivity contribution in [1.82, 2.24) is 4.98 Å². The van der Waals surface area contributed by atoms with Crippen LogP contribution in [0.25, 0.3) is 16.5 Å². The average molecular weight is 283 g/mol. The first-order valence-corrected chi connectivity index (χ1v) is 7.06. The number of aromatic nitrogens is 1. The standard InChI is InChI=1S/C16H17N3O2/c17-16(21)19-15-13(9-20)12-7-6-11(8-14(12)18-15)10-4-2-1-3-5-10/h4,6-9,18H,1-3,5H2,(H3,17,19,21). The highest BCUT2D eigenvalue weighted by molar-refractivity contribution is 6.06. The Kier molecular flexibility index (Phi) is 3.48. The summed E-state index contributed by atoms with van der Waals surface area (Å²) in [5, 5.41) is 3.24. The Morgan fingerprint density at radius 3 is 2.86 bits per heavy atom. The molecule has 0 unspecified atom stereocenters. The lowest BCUT2D eigenvalue weighted by atomic mass is 9.93. The molecule has 5 nitrogen and oxygen atoms in total. The summed E-state index contributed by atoms with van der Waals surface area (Å²) < 4.78 is 0. The predicted molar refractivity (Wildman–Crippen MR) is 83.3 cm³/mol. The fourth-order valence-corrected chi connectivity index (χ4v) is 2.86. The van der Waals surface area contributed by atoms with E-state index in [0.29, 0.717) is 11.4 Å². The number of aromatic amines is 1. The highest BCUT2D eigenvalue weighted by Gasteiger charge is 2.14. The van der Waals surface area contributed by atoms with Crippen molar-refractivity contribution in [3.05, 3.63) is 35.4 Å². The number of primary amides is 1. The molecule has 0 spiro atoms. The largest absolute Gasteiger partial charge is 0.351 e. The number of anilines is 1. The van der Waals surface area contributed by atoms with E-state index in [-0.39, 0.29) is 0 Å². The number of hydrogen-bond donors (Lipinski definition) is 3. The summed E-state index contributed by atoms with van der Waals surface area (Å²) in [7, 11) is 0. The van der Waals surface area contributed by atoms with E-state index in [1.54, 1.807) is 0 Å². The van der Waals surface area contributed by atoms with Gasteiger partial charge in [0.25, 0.3) is 0 Å². The van der Waals surface area contributed by atoms with E-state index in [2.05, 4.69) is 16.4 Å². The van der Waals surface area contributed by atoms with E-state index in [4.69, 9.17) is 5.73 Å². The molecule has 1 aromatic heterocycles. The molecule has 5 heteroatoms. The van der Waals surface area contributed by atoms with Crippen molar-refractivity contribution < 1.29 is 9.59 Å². The van der Waals surface area contributed by atoms with Crippen molar-refractivity contribution in [2.75, 3.05) is 5.32 Å². The zero-order chi connectivity index (χ0) is 14.8. The molecule has 0 aliphatic heterocycles. The van der Waals surface area contributed by atoms with Gasteiger partial charge >= 0.3 is 6.03 Å². The summed E-state index contributed by atoms with van der Waals surface area (Å²) in [5.41, 5.74) is 8.87. The van der Waals surface area contributed by atoms with E-state index >= 15 is 0 Å². The van der Waals surface area contributed by atoms with E-state index < -0.39 is 6.03 Å². The Labute approximate surface area is 122 Å². The van der Waals surface area contributed by atoms with Crippen molar-refractivity contribution in [2.45, 2.75) is 25.7 Å². The van der Waals surface area contributed by atoms with E-state index in [1.807, 2.05) is 18.2 Å². The molecule has 0 radical (unpaired) electrons. The summed E-state index contributed by atoms with van der Waals surface area (Å²) >= 11 is 0. The van der Waals surface area contributed by atoms with E-state index in [9.17, 15) is 9.59 Å². The number of amides is 2. The zero-order valence-electron chi connectivity index (χ0n) is 11.6. The third kappa shape index (κ3) is 2.54. The maximum Gasteiger partial charge on any atom is 0.317 e. The molecule has 21 heavy (non-hydrogen) atoms. The van der Waals surface area contributed by atoms with Gasteiger partial charge < -0.3 is 10.7 Å². The number of rotatable bonds is 3. The van der Waals surface area contributed by atoms with Crippen LogP contribution in [-0.2, 0) is 0 Å². The van der Waals surface area contributed by atoms with Gasteiger partial charge in [-0.15, -0.1) is 0 Å². The van der Waals surface area contributed by atoms with Gasteiger partial charge in [-0.25, -0.2) is 4.79 Å². The second-order valence-electron chi connectivity index (χ2n) is 5.26. The first-order chi connectivity index (χ1) is 10.2. The predicted octanol–water partition coefficient (Wildman–Crippen LogP) is 3.43. The Morgan fingerprint density at radius 1 is 1.33 bits per heavy atom. The number of carbonyl (C=O) groups is 2. The van der Waals surface area contributed by atoms with Crippen LogP contribution in [0, 0.1) is 0 Å². The van der Waals surface area contributed by atoms with E-state index in [0.717, 1.165) is 35.6 Å². The third-order valence-corrected chi connectivity index (χ3v) is 3.87. The Morgan fingerprint density at radius 2 is 2.19 bits per heavy atom. The molecule has 0 saturated carbocycles. The van der Waals surface area contributed by atoms with Crippen molar-refractivity contribution in [2.24, 2.45) is 5.73 Å². The first-order valence-electron chi connectivity index (χ1n) is 7.06. The minimum Gasteiger partial charge on any atom is -0.351 e. The van der Waals surface area contributed by atoms with Crippen molar-refractivity contribution in [3.8, 4) is 0 Å². The van der Waals surface area contributed by atoms with Crippen molar-refractivity contribution >= 4 is 34.6 Å². The van der Waals surface area contributed by atoms with Gasteiger partial charge in [0.1, 0.15) is 5.82 Å². The molecule has 1 aromatic carbocycles. The number of benzene rings is 1. The number of allylic oxidation sites excluding steroid dienone is 2. The van der Waals surface area contributed by atoms with Crippen LogP contribution < -0.4 is 11.1 Å². The second kappa shape index (κ2) is 5.44. The maximum atomic E-state index is 11.2. The topological polar surface area (TPSA) is 88.0 Å². The number of carbonyl (C=O) groups excluding carboxylic acids is 2. The van der Waals surface area contributed by atoms with Crippen LogP contribution in [0.4, 0.5) is 10.6 Å². The highest BCUT2D eigenvalue weighted by atomic mass is 16.2. The molecule has 1 aliphatic rings. The van der Waals surface area contributed by atoms with Gasteiger partial charge in [0, 0.05) is 10.9 Å². The molecule has 108 valence electrons. The van der Waals surface area contributed by atoms with Crippen LogP contribution in [0.1, 0.15) is 41.6 Å². The van der Waals surface area contributed by atoms with Crippen LogP contribution in [0.15, 0.2) is 24.3 Å². The number of fused-ring (bicyclic) bond motifs is 1. The van der Waals surface area contributed by atoms with Crippen molar-refractivity contribution in [1.29, 1.82) is 0 Å². The SMILES string of the molecule is NC(=O)Nc1[nH]c2cc(C3=CCCCC3)ccc2c1C=O. The number of hydrogen-bond acceptors (Lipinski definition) is 2. The third-order valence-electron chi connectivity index (χ3n) is 3.87. The molecule has 0 atom stereocenters. The summed E-state index contributed by atoms with van der Waals surface area (Å²) in [4.78, 5) is 25.3. The zero-order valence-corrected chi connectivity index (χ0v) is 11.6. The molecule has 1 aliphatic carbocycles. The van der Waals surface area contributed by atoms with Crippen LogP contribution in [0.2, 0.25) is 0 Å². The van der Waals surface area contributed by atoms with Gasteiger partial charge in [0.15, 0.2) is 6.29 Å². The van der Waals surface area contributed by atoms with Gasteiger partial charge in [-0.2, -0.15) is 0 Å². The second-order valence-corrected chi connectivity index (χ2v) is 5.26. The fourth-order valence-electron chi connectivity index (χ4n) is 2.86. The molecule has 2 aromatic rings. The minimum atomic E-state index is -0.695. The number of nitrogens with one attached hydrogen (secondary N) is 2. The number of H-pyrrole nitrogens is 1. The molecule has 2 amide bonds. The Bertz CT molecular complexity index is 743. The maximum absolute atomic E-state index is 11.2. The molecule has 0 fully saturated rings. The number of urea groups is 1. The summed E-state index contributed by atoms with van der Waals surface area (Å²) in [6, 6.07) is 5.26. The summed E-state index contributed by atoms with van der Waals surface area (Å²) in [6.45, 7) is 0.